The first-order valence-corrected chi connectivity index (χ1v) is 8.68. The van der Waals surface area contributed by atoms with Gasteiger partial charge < -0.3 is 14.8 Å². The van der Waals surface area contributed by atoms with E-state index in [9.17, 15) is 18.8 Å². The van der Waals surface area contributed by atoms with Gasteiger partial charge >= 0.3 is 11.2 Å². The molecule has 0 fully saturated rings. The van der Waals surface area contributed by atoms with Crippen molar-refractivity contribution in [3.63, 3.8) is 0 Å². The molecule has 1 N–H and O–H groups in total. The van der Waals surface area contributed by atoms with Crippen molar-refractivity contribution >= 4 is 11.6 Å². The normalized spacial score (nSPS) is 10.5. The van der Waals surface area contributed by atoms with Crippen LogP contribution in [0.3, 0.4) is 0 Å². The third-order valence-electron chi connectivity index (χ3n) is 4.03. The zero-order valence-corrected chi connectivity index (χ0v) is 16.4. The predicted molar refractivity (Wildman–Crippen MR) is 105 cm³/mol. The molecule has 0 saturated carbocycles. The number of ether oxygens (including phenoxy) is 2. The molecular weight excluding hydrogens is 397 g/mol. The van der Waals surface area contributed by atoms with Gasteiger partial charge in [0.05, 0.1) is 26.5 Å². The minimum atomic E-state index is -0.784. The van der Waals surface area contributed by atoms with E-state index in [2.05, 4.69) is 15.4 Å². The molecule has 0 radical (unpaired) electrons. The highest BCUT2D eigenvalue weighted by molar-refractivity contribution is 5.88. The van der Waals surface area contributed by atoms with Crippen molar-refractivity contribution in [1.29, 1.82) is 0 Å². The van der Waals surface area contributed by atoms with E-state index in [1.807, 2.05) is 0 Å². The Hall–Kier alpha value is -4.02. The molecule has 2 heterocycles. The molecule has 2 aromatic heterocycles. The van der Waals surface area contributed by atoms with Crippen molar-refractivity contribution in [2.75, 3.05) is 19.5 Å². The fraction of sp³-hybridized carbons (Fsp3) is 0.211. The molecule has 0 aliphatic rings. The molecule has 3 rings (SSSR count). The number of hydrogen-bond acceptors (Lipinski definition) is 7. The summed E-state index contributed by atoms with van der Waals surface area (Å²) in [6, 6.07) is 7.45. The van der Waals surface area contributed by atoms with Crippen LogP contribution in [0.2, 0.25) is 0 Å². The third kappa shape index (κ3) is 4.19. The highest BCUT2D eigenvalue weighted by Crippen LogP contribution is 2.15. The van der Waals surface area contributed by atoms with Crippen LogP contribution in [0.4, 0.5) is 10.1 Å². The molecule has 1 amide bonds. The number of benzene rings is 1. The molecule has 1 aromatic carbocycles. The Kier molecular flexibility index (Phi) is 5.90. The van der Waals surface area contributed by atoms with Gasteiger partial charge in [0.15, 0.2) is 5.82 Å². The van der Waals surface area contributed by atoms with Crippen molar-refractivity contribution in [3.05, 3.63) is 68.7 Å². The molecule has 0 spiro atoms. The average Bonchev–Trinajstić information content (AvgIpc) is 2.71. The molecule has 0 bridgehead atoms. The molecule has 3 aromatic rings. The highest BCUT2D eigenvalue weighted by Gasteiger charge is 2.17. The number of anilines is 1. The molecule has 11 heteroatoms. The second-order valence-electron chi connectivity index (χ2n) is 6.16. The lowest BCUT2D eigenvalue weighted by Gasteiger charge is -2.12. The molecule has 0 unspecified atom stereocenters. The van der Waals surface area contributed by atoms with Gasteiger partial charge in [-0.3, -0.25) is 9.59 Å². The number of pyridine rings is 1. The van der Waals surface area contributed by atoms with Crippen LogP contribution in [0.25, 0.3) is 5.69 Å². The van der Waals surface area contributed by atoms with Crippen LogP contribution in [-0.2, 0) is 11.3 Å². The lowest BCUT2D eigenvalue weighted by molar-refractivity contribution is -0.114. The number of methoxy groups -OCH3 is 2. The van der Waals surface area contributed by atoms with E-state index in [0.717, 1.165) is 15.3 Å². The van der Waals surface area contributed by atoms with E-state index in [1.54, 1.807) is 18.2 Å². The minimum absolute atomic E-state index is 0.203. The van der Waals surface area contributed by atoms with Crippen molar-refractivity contribution < 1.29 is 18.7 Å². The van der Waals surface area contributed by atoms with Gasteiger partial charge in [-0.25, -0.2) is 18.7 Å². The van der Waals surface area contributed by atoms with Crippen LogP contribution in [0, 0.1) is 5.82 Å². The number of aromatic nitrogens is 4. The van der Waals surface area contributed by atoms with Crippen LogP contribution in [-0.4, -0.2) is 39.5 Å². The third-order valence-corrected chi connectivity index (χ3v) is 4.03. The van der Waals surface area contributed by atoms with Gasteiger partial charge in [-0.15, -0.1) is 5.10 Å². The summed E-state index contributed by atoms with van der Waals surface area (Å²) in [5.41, 5.74) is -0.575. The maximum Gasteiger partial charge on any atom is 0.352 e. The minimum Gasteiger partial charge on any atom is -0.479 e. The quantitative estimate of drug-likeness (QED) is 0.637. The Bertz CT molecular complexity index is 1220. The smallest absolute Gasteiger partial charge is 0.352 e. The summed E-state index contributed by atoms with van der Waals surface area (Å²) < 4.78 is 25.5. The van der Waals surface area contributed by atoms with E-state index in [4.69, 9.17) is 9.47 Å². The van der Waals surface area contributed by atoms with Crippen LogP contribution < -0.4 is 26.0 Å². The number of amides is 1. The summed E-state index contributed by atoms with van der Waals surface area (Å²) in [4.78, 5) is 40.7. The molecule has 30 heavy (non-hydrogen) atoms. The number of halogens is 1. The largest absolute Gasteiger partial charge is 0.479 e. The van der Waals surface area contributed by atoms with E-state index >= 15 is 0 Å². The first-order valence-electron chi connectivity index (χ1n) is 8.68. The molecular formula is C19H18FN5O5. The predicted octanol–water partition coefficient (Wildman–Crippen LogP) is 0.952. The highest BCUT2D eigenvalue weighted by atomic mass is 19.1. The van der Waals surface area contributed by atoms with E-state index in [0.29, 0.717) is 5.69 Å². The van der Waals surface area contributed by atoms with E-state index in [1.165, 1.54) is 33.4 Å². The number of hydrogen-bond donors (Lipinski definition) is 1. The first-order chi connectivity index (χ1) is 14.3. The monoisotopic (exact) mass is 415 g/mol. The Morgan fingerprint density at radius 1 is 1.17 bits per heavy atom. The molecule has 0 saturated heterocycles. The van der Waals surface area contributed by atoms with Crippen molar-refractivity contribution in [2.45, 2.75) is 13.5 Å². The van der Waals surface area contributed by atoms with Crippen LogP contribution in [0.15, 0.2) is 46.1 Å². The lowest BCUT2D eigenvalue weighted by atomic mass is 10.2. The van der Waals surface area contributed by atoms with Gasteiger partial charge in [0.1, 0.15) is 0 Å². The molecule has 0 aliphatic carbocycles. The van der Waals surface area contributed by atoms with Crippen LogP contribution >= 0.6 is 0 Å². The van der Waals surface area contributed by atoms with E-state index < -0.39 is 17.1 Å². The standard InChI is InChI=1S/C19H18FN5O5/c1-11(26)22-13-5-4-6-14(8-13)25-19(28)24(18(27)17(23-25)30-3)10-12-7-15(20)16(29-2)21-9-12/h4-9H,10H2,1-3H3,(H,22,26). The van der Waals surface area contributed by atoms with Crippen molar-refractivity contribution in [1.82, 2.24) is 19.3 Å². The van der Waals surface area contributed by atoms with E-state index in [-0.39, 0.29) is 35.5 Å². The van der Waals surface area contributed by atoms with Gasteiger partial charge in [-0.2, -0.15) is 4.68 Å². The number of nitrogens with zero attached hydrogens (tertiary/aromatic N) is 4. The Morgan fingerprint density at radius 2 is 1.90 bits per heavy atom. The Balaban J connectivity index is 2.11. The molecule has 0 aliphatic heterocycles. The van der Waals surface area contributed by atoms with Crippen molar-refractivity contribution in [2.24, 2.45) is 0 Å². The Morgan fingerprint density at radius 3 is 2.53 bits per heavy atom. The summed E-state index contributed by atoms with van der Waals surface area (Å²) in [6.07, 6.45) is 1.29. The summed E-state index contributed by atoms with van der Waals surface area (Å²) >= 11 is 0. The SMILES string of the molecule is COc1ncc(Cn2c(=O)c(OC)nn(-c3cccc(NC(C)=O)c3)c2=O)cc1F. The maximum absolute atomic E-state index is 14.0. The zero-order chi connectivity index (χ0) is 21.8. The topological polar surface area (TPSA) is 117 Å². The second-order valence-corrected chi connectivity index (χ2v) is 6.16. The number of carbonyl (C=O) groups is 1. The Labute approximate surface area is 169 Å². The number of carbonyl (C=O) groups excluding carboxylic acids is 1. The van der Waals surface area contributed by atoms with Gasteiger partial charge in [-0.1, -0.05) is 6.07 Å². The zero-order valence-electron chi connectivity index (χ0n) is 16.4. The van der Waals surface area contributed by atoms with Gasteiger partial charge in [0, 0.05) is 18.8 Å². The van der Waals surface area contributed by atoms with Gasteiger partial charge in [0.2, 0.25) is 11.8 Å². The average molecular weight is 415 g/mol. The fourth-order valence-electron chi connectivity index (χ4n) is 2.73. The summed E-state index contributed by atoms with van der Waals surface area (Å²) in [5.74, 6) is -1.55. The van der Waals surface area contributed by atoms with Crippen molar-refractivity contribution in [3.8, 4) is 17.4 Å². The summed E-state index contributed by atoms with van der Waals surface area (Å²) in [7, 11) is 2.52. The number of rotatable bonds is 6. The molecule has 0 atom stereocenters. The fourth-order valence-corrected chi connectivity index (χ4v) is 2.73. The summed E-state index contributed by atoms with van der Waals surface area (Å²) in [6.45, 7) is 1.08. The van der Waals surface area contributed by atoms with Gasteiger partial charge in [-0.05, 0) is 29.8 Å². The van der Waals surface area contributed by atoms with Crippen LogP contribution in [0.1, 0.15) is 12.5 Å². The molecule has 156 valence electrons. The molecule has 10 nitrogen and oxygen atoms in total. The summed E-state index contributed by atoms with van der Waals surface area (Å²) in [5, 5.41) is 6.56. The van der Waals surface area contributed by atoms with Crippen LogP contribution in [0.5, 0.6) is 11.8 Å². The van der Waals surface area contributed by atoms with Gasteiger partial charge in [0.25, 0.3) is 5.88 Å². The first kappa shape index (κ1) is 20.7. The maximum atomic E-state index is 14.0. The lowest BCUT2D eigenvalue weighted by Crippen LogP contribution is -2.41. The number of nitrogens with one attached hydrogen (secondary N) is 1. The second kappa shape index (κ2) is 8.55.